The third-order valence-corrected chi connectivity index (χ3v) is 7.03. The van der Waals surface area contributed by atoms with Crippen LogP contribution in [0.15, 0.2) is 97.5 Å². The zero-order chi connectivity index (χ0) is 27.1. The van der Waals surface area contributed by atoms with Crippen molar-refractivity contribution in [2.45, 2.75) is 13.2 Å². The molecule has 0 radical (unpaired) electrons. The van der Waals surface area contributed by atoms with E-state index >= 15 is 0 Å². The molecule has 214 valence electrons. The van der Waals surface area contributed by atoms with Crippen LogP contribution in [0.4, 0.5) is 11.5 Å². The number of aromatic nitrogens is 3. The Labute approximate surface area is 252 Å². The number of ether oxygens (including phenoxy) is 1. The topological polar surface area (TPSA) is 106 Å². The number of anilines is 2. The summed E-state index contributed by atoms with van der Waals surface area (Å²) in [6.07, 6.45) is 4.51. The van der Waals surface area contributed by atoms with E-state index in [4.69, 9.17) is 4.74 Å². The second-order valence-corrected chi connectivity index (χ2v) is 11.5. The van der Waals surface area contributed by atoms with Crippen LogP contribution in [-0.2, 0) is 23.0 Å². The van der Waals surface area contributed by atoms with Crippen LogP contribution in [0.25, 0.3) is 22.2 Å². The molecule has 0 fully saturated rings. The van der Waals surface area contributed by atoms with Gasteiger partial charge in [0.25, 0.3) is 0 Å². The molecule has 2 heterocycles. The van der Waals surface area contributed by atoms with Crippen molar-refractivity contribution in [3.8, 4) is 17.0 Å². The van der Waals surface area contributed by atoms with Crippen LogP contribution in [0.1, 0.15) is 11.1 Å². The molecule has 0 amide bonds. The fourth-order valence-electron chi connectivity index (χ4n) is 4.06. The first-order valence-electron chi connectivity index (χ1n) is 12.6. The lowest BCUT2D eigenvalue weighted by Gasteiger charge is -2.11. The van der Waals surface area contributed by atoms with Crippen LogP contribution in [0.2, 0.25) is 0 Å². The highest BCUT2D eigenvalue weighted by atomic mass is 35.5. The molecule has 0 spiro atoms. The van der Waals surface area contributed by atoms with Crippen molar-refractivity contribution in [3.05, 3.63) is 109 Å². The van der Waals surface area contributed by atoms with Crippen LogP contribution < -0.4 is 15.4 Å². The monoisotopic (exact) mass is 611 g/mol. The average Bonchev–Trinajstić information content (AvgIpc) is 2.95. The first-order chi connectivity index (χ1) is 18.9. The highest BCUT2D eigenvalue weighted by Crippen LogP contribution is 2.28. The minimum atomic E-state index is -2.99. The lowest BCUT2D eigenvalue weighted by molar-refractivity contribution is 0.306. The number of hydrogen-bond donors (Lipinski definition) is 2. The van der Waals surface area contributed by atoms with Crippen LogP contribution in [0, 0.1) is 0 Å². The Kier molecular flexibility index (Phi) is 11.4. The van der Waals surface area contributed by atoms with Gasteiger partial charge in [0.05, 0.1) is 23.2 Å². The van der Waals surface area contributed by atoms with Crippen LogP contribution in [-0.4, -0.2) is 41.9 Å². The van der Waals surface area contributed by atoms with Gasteiger partial charge in [-0.05, 0) is 47.5 Å². The molecular formula is C30H31Cl2N5O3S. The predicted octanol–water partition coefficient (Wildman–Crippen LogP) is 5.99. The Morgan fingerprint density at radius 2 is 1.59 bits per heavy atom. The van der Waals surface area contributed by atoms with E-state index in [2.05, 4.69) is 25.6 Å². The molecule has 2 N–H and O–H groups in total. The Morgan fingerprint density at radius 3 is 2.34 bits per heavy atom. The fourth-order valence-corrected chi connectivity index (χ4v) is 4.57. The third kappa shape index (κ3) is 9.12. The predicted molar refractivity (Wildman–Crippen MR) is 169 cm³/mol. The van der Waals surface area contributed by atoms with Gasteiger partial charge in [-0.3, -0.25) is 4.98 Å². The van der Waals surface area contributed by atoms with E-state index in [0.29, 0.717) is 25.5 Å². The van der Waals surface area contributed by atoms with Crippen molar-refractivity contribution in [2.75, 3.05) is 23.9 Å². The number of hydrogen-bond acceptors (Lipinski definition) is 8. The molecule has 0 saturated carbocycles. The molecule has 5 rings (SSSR count). The zero-order valence-corrected chi connectivity index (χ0v) is 24.8. The number of halogens is 2. The molecule has 0 aliphatic carbocycles. The minimum Gasteiger partial charge on any atom is -0.489 e. The highest BCUT2D eigenvalue weighted by molar-refractivity contribution is 7.90. The maximum Gasteiger partial charge on any atom is 0.148 e. The molecule has 0 aliphatic heterocycles. The van der Waals surface area contributed by atoms with E-state index in [1.165, 1.54) is 12.6 Å². The summed E-state index contributed by atoms with van der Waals surface area (Å²) in [5, 5.41) is 7.43. The first-order valence-corrected chi connectivity index (χ1v) is 14.6. The maximum absolute atomic E-state index is 11.4. The maximum atomic E-state index is 11.4. The molecule has 3 aromatic carbocycles. The van der Waals surface area contributed by atoms with Gasteiger partial charge in [0, 0.05) is 36.0 Å². The van der Waals surface area contributed by atoms with Gasteiger partial charge in [0.15, 0.2) is 0 Å². The molecule has 8 nitrogen and oxygen atoms in total. The Hall–Kier alpha value is -3.76. The number of fused-ring (bicyclic) bond motifs is 1. The van der Waals surface area contributed by atoms with Crippen molar-refractivity contribution in [1.82, 2.24) is 20.3 Å². The number of pyridine rings is 1. The van der Waals surface area contributed by atoms with Gasteiger partial charge in [-0.1, -0.05) is 48.5 Å². The molecule has 0 saturated heterocycles. The largest absolute Gasteiger partial charge is 0.489 e. The minimum absolute atomic E-state index is 0. The van der Waals surface area contributed by atoms with Gasteiger partial charge in [-0.15, -0.1) is 24.8 Å². The highest BCUT2D eigenvalue weighted by Gasteiger charge is 2.09. The smallest absolute Gasteiger partial charge is 0.148 e. The standard InChI is InChI=1S/C30H29N5O3S.2ClH/c1-39(36,37)15-14-31-18-23-8-5-9-24(16-23)28-17-27-29(19-32-28)33-21-34-30(27)35-25-10-12-26(13-11-25)38-20-22-6-3-2-4-7-22;;/h2-13,16-17,19,21,31H,14-15,18,20H2,1H3,(H,33,34,35);2*1H. The Balaban J connectivity index is 0.00000231. The first kappa shape index (κ1) is 31.8. The normalized spacial score (nSPS) is 10.9. The van der Waals surface area contributed by atoms with E-state index in [0.717, 1.165) is 44.7 Å². The van der Waals surface area contributed by atoms with Gasteiger partial charge in [0.1, 0.15) is 34.3 Å². The number of benzene rings is 3. The average molecular weight is 613 g/mol. The molecule has 2 aromatic heterocycles. The summed E-state index contributed by atoms with van der Waals surface area (Å²) in [6, 6.07) is 27.8. The summed E-state index contributed by atoms with van der Waals surface area (Å²) in [5.41, 5.74) is 5.52. The summed E-state index contributed by atoms with van der Waals surface area (Å²) in [6.45, 7) is 1.49. The number of nitrogens with one attached hydrogen (secondary N) is 2. The zero-order valence-electron chi connectivity index (χ0n) is 22.4. The Bertz CT molecular complexity index is 1670. The number of sulfone groups is 1. The van der Waals surface area contributed by atoms with Gasteiger partial charge >= 0.3 is 0 Å². The third-order valence-electron chi connectivity index (χ3n) is 6.09. The molecule has 11 heteroatoms. The van der Waals surface area contributed by atoms with Gasteiger partial charge in [-0.25, -0.2) is 18.4 Å². The number of rotatable bonds is 11. The molecule has 0 bridgehead atoms. The molecular weight excluding hydrogens is 581 g/mol. The second-order valence-electron chi connectivity index (χ2n) is 9.24. The number of nitrogens with zero attached hydrogens (tertiary/aromatic N) is 3. The SMILES string of the molecule is CS(=O)(=O)CCNCc1cccc(-c2cc3c(Nc4ccc(OCc5ccccc5)cc4)ncnc3cn2)c1.Cl.Cl. The van der Waals surface area contributed by atoms with E-state index < -0.39 is 9.84 Å². The molecule has 0 atom stereocenters. The summed E-state index contributed by atoms with van der Waals surface area (Å²) < 4.78 is 28.6. The van der Waals surface area contributed by atoms with Gasteiger partial charge in [0.2, 0.25) is 0 Å². The summed E-state index contributed by atoms with van der Waals surface area (Å²) in [7, 11) is -2.99. The van der Waals surface area contributed by atoms with Crippen molar-refractivity contribution < 1.29 is 13.2 Å². The second kappa shape index (κ2) is 14.7. The van der Waals surface area contributed by atoms with Gasteiger partial charge < -0.3 is 15.4 Å². The van der Waals surface area contributed by atoms with E-state index in [1.807, 2.05) is 84.9 Å². The Morgan fingerprint density at radius 1 is 0.829 bits per heavy atom. The van der Waals surface area contributed by atoms with Crippen molar-refractivity contribution in [1.29, 1.82) is 0 Å². The summed E-state index contributed by atoms with van der Waals surface area (Å²) in [4.78, 5) is 13.5. The van der Waals surface area contributed by atoms with Crippen molar-refractivity contribution >= 4 is 57.1 Å². The van der Waals surface area contributed by atoms with E-state index in [9.17, 15) is 8.42 Å². The molecule has 41 heavy (non-hydrogen) atoms. The summed E-state index contributed by atoms with van der Waals surface area (Å²) in [5.74, 6) is 1.58. The summed E-state index contributed by atoms with van der Waals surface area (Å²) >= 11 is 0. The lowest BCUT2D eigenvalue weighted by atomic mass is 10.1. The van der Waals surface area contributed by atoms with Crippen LogP contribution >= 0.6 is 24.8 Å². The quantitative estimate of drug-likeness (QED) is 0.175. The van der Waals surface area contributed by atoms with Crippen molar-refractivity contribution in [2.24, 2.45) is 0 Å². The van der Waals surface area contributed by atoms with Gasteiger partial charge in [-0.2, -0.15) is 0 Å². The van der Waals surface area contributed by atoms with Crippen LogP contribution in [0.3, 0.4) is 0 Å². The van der Waals surface area contributed by atoms with E-state index in [-0.39, 0.29) is 30.6 Å². The molecule has 0 aliphatic rings. The molecule has 5 aromatic rings. The van der Waals surface area contributed by atoms with Crippen LogP contribution in [0.5, 0.6) is 5.75 Å². The van der Waals surface area contributed by atoms with E-state index in [1.54, 1.807) is 6.20 Å². The van der Waals surface area contributed by atoms with Crippen molar-refractivity contribution in [3.63, 3.8) is 0 Å². The fraction of sp³-hybridized carbons (Fsp3) is 0.167. The lowest BCUT2D eigenvalue weighted by Crippen LogP contribution is -2.21. The molecule has 0 unspecified atom stereocenters.